The van der Waals surface area contributed by atoms with E-state index in [2.05, 4.69) is 19.2 Å². The zero-order valence-electron chi connectivity index (χ0n) is 9.99. The first-order valence-electron chi connectivity index (χ1n) is 5.85. The topological polar surface area (TPSA) is 46.2 Å². The van der Waals surface area contributed by atoms with Gasteiger partial charge in [-0.1, -0.05) is 13.8 Å². The molecular weight excluding hydrogens is 210 g/mol. The van der Waals surface area contributed by atoms with E-state index < -0.39 is 9.84 Å². The molecule has 1 aliphatic carbocycles. The Kier molecular flexibility index (Phi) is 4.59. The van der Waals surface area contributed by atoms with Crippen LogP contribution in [-0.4, -0.2) is 33.0 Å². The van der Waals surface area contributed by atoms with Crippen molar-refractivity contribution < 1.29 is 8.42 Å². The lowest BCUT2D eigenvalue weighted by atomic mass is 10.1. The molecule has 15 heavy (non-hydrogen) atoms. The van der Waals surface area contributed by atoms with Gasteiger partial charge in [0.25, 0.3) is 0 Å². The SMILES string of the molecule is CCNC(CCCS(C)(=O)=O)C1CC1C. The summed E-state index contributed by atoms with van der Waals surface area (Å²) in [4.78, 5) is 0. The molecule has 3 nitrogen and oxygen atoms in total. The molecule has 0 heterocycles. The third kappa shape index (κ3) is 4.98. The van der Waals surface area contributed by atoms with Gasteiger partial charge in [0.2, 0.25) is 0 Å². The predicted octanol–water partition coefficient (Wildman–Crippen LogP) is 1.45. The Morgan fingerprint density at radius 1 is 1.47 bits per heavy atom. The van der Waals surface area contributed by atoms with Gasteiger partial charge in [0.1, 0.15) is 9.84 Å². The van der Waals surface area contributed by atoms with Crippen molar-refractivity contribution in [3.05, 3.63) is 0 Å². The Bertz CT molecular complexity index is 287. The summed E-state index contributed by atoms with van der Waals surface area (Å²) in [6.07, 6.45) is 4.40. The van der Waals surface area contributed by atoms with E-state index >= 15 is 0 Å². The zero-order chi connectivity index (χ0) is 11.5. The van der Waals surface area contributed by atoms with E-state index in [1.807, 2.05) is 0 Å². The van der Waals surface area contributed by atoms with Gasteiger partial charge in [-0.2, -0.15) is 0 Å². The molecule has 3 atom stereocenters. The Labute approximate surface area is 93.6 Å². The minimum absolute atomic E-state index is 0.329. The van der Waals surface area contributed by atoms with Crippen LogP contribution in [0.4, 0.5) is 0 Å². The van der Waals surface area contributed by atoms with Crippen molar-refractivity contribution in [1.82, 2.24) is 5.32 Å². The van der Waals surface area contributed by atoms with E-state index in [-0.39, 0.29) is 0 Å². The van der Waals surface area contributed by atoms with Crippen molar-refractivity contribution >= 4 is 9.84 Å². The van der Waals surface area contributed by atoms with Crippen molar-refractivity contribution in [2.75, 3.05) is 18.6 Å². The second kappa shape index (κ2) is 5.30. The van der Waals surface area contributed by atoms with E-state index in [1.54, 1.807) is 0 Å². The molecule has 90 valence electrons. The van der Waals surface area contributed by atoms with Crippen LogP contribution in [0.25, 0.3) is 0 Å². The van der Waals surface area contributed by atoms with E-state index in [0.29, 0.717) is 11.8 Å². The van der Waals surface area contributed by atoms with Crippen molar-refractivity contribution in [2.24, 2.45) is 11.8 Å². The summed E-state index contributed by atoms with van der Waals surface area (Å²) in [5, 5.41) is 3.47. The minimum Gasteiger partial charge on any atom is -0.314 e. The largest absolute Gasteiger partial charge is 0.314 e. The van der Waals surface area contributed by atoms with Crippen molar-refractivity contribution in [3.8, 4) is 0 Å². The molecule has 0 radical (unpaired) electrons. The van der Waals surface area contributed by atoms with Gasteiger partial charge in [-0.05, 0) is 37.6 Å². The molecule has 0 amide bonds. The molecule has 1 N–H and O–H groups in total. The molecular formula is C11H23NO2S. The molecule has 0 saturated heterocycles. The fraction of sp³-hybridized carbons (Fsp3) is 1.00. The molecule has 0 aliphatic heterocycles. The summed E-state index contributed by atoms with van der Waals surface area (Å²) in [6.45, 7) is 5.36. The molecule has 1 fully saturated rings. The summed E-state index contributed by atoms with van der Waals surface area (Å²) < 4.78 is 22.0. The lowest BCUT2D eigenvalue weighted by Crippen LogP contribution is -2.31. The first kappa shape index (κ1) is 13.0. The molecule has 4 heteroatoms. The monoisotopic (exact) mass is 233 g/mol. The van der Waals surface area contributed by atoms with Crippen molar-refractivity contribution in [1.29, 1.82) is 0 Å². The fourth-order valence-electron chi connectivity index (χ4n) is 2.21. The Hall–Kier alpha value is -0.0900. The van der Waals surface area contributed by atoms with Crippen molar-refractivity contribution in [3.63, 3.8) is 0 Å². The fourth-order valence-corrected chi connectivity index (χ4v) is 2.90. The lowest BCUT2D eigenvalue weighted by molar-refractivity contribution is 0.426. The standard InChI is InChI=1S/C11H23NO2S/c1-4-12-11(10-8-9(10)2)6-5-7-15(3,13)14/h9-12H,4-8H2,1-3H3. The van der Waals surface area contributed by atoms with E-state index in [4.69, 9.17) is 0 Å². The molecule has 0 aromatic heterocycles. The quantitative estimate of drug-likeness (QED) is 0.724. The van der Waals surface area contributed by atoms with Gasteiger partial charge in [-0.3, -0.25) is 0 Å². The van der Waals surface area contributed by atoms with Crippen LogP contribution in [0, 0.1) is 11.8 Å². The molecule has 0 aromatic rings. The lowest BCUT2D eigenvalue weighted by Gasteiger charge is -2.17. The van der Waals surface area contributed by atoms with Gasteiger partial charge in [0, 0.05) is 18.1 Å². The molecule has 1 rings (SSSR count). The number of hydrogen-bond acceptors (Lipinski definition) is 3. The molecule has 1 aliphatic rings. The number of sulfone groups is 1. The molecule has 0 spiro atoms. The van der Waals surface area contributed by atoms with Crippen LogP contribution < -0.4 is 5.32 Å². The Morgan fingerprint density at radius 3 is 2.47 bits per heavy atom. The van der Waals surface area contributed by atoms with Crippen molar-refractivity contribution in [2.45, 2.75) is 39.2 Å². The normalized spacial score (nSPS) is 27.7. The van der Waals surface area contributed by atoms with Gasteiger partial charge in [0.15, 0.2) is 0 Å². The first-order chi connectivity index (χ1) is 6.94. The van der Waals surface area contributed by atoms with Gasteiger partial charge in [-0.15, -0.1) is 0 Å². The van der Waals surface area contributed by atoms with Crippen LogP contribution in [0.3, 0.4) is 0 Å². The summed E-state index contributed by atoms with van der Waals surface area (Å²) >= 11 is 0. The van der Waals surface area contributed by atoms with Gasteiger partial charge in [0.05, 0.1) is 0 Å². The number of nitrogens with one attached hydrogen (secondary N) is 1. The second-order valence-electron chi connectivity index (χ2n) is 4.81. The van der Waals surface area contributed by atoms with Gasteiger partial charge < -0.3 is 5.32 Å². The molecule has 3 unspecified atom stereocenters. The van der Waals surface area contributed by atoms with Crippen LogP contribution in [0.5, 0.6) is 0 Å². The number of rotatable bonds is 7. The third-order valence-electron chi connectivity index (χ3n) is 3.19. The molecule has 0 bridgehead atoms. The van der Waals surface area contributed by atoms with Crippen LogP contribution in [0.1, 0.15) is 33.1 Å². The average Bonchev–Trinajstić information content (AvgIpc) is 2.79. The highest BCUT2D eigenvalue weighted by molar-refractivity contribution is 7.90. The summed E-state index contributed by atoms with van der Waals surface area (Å²) in [6, 6.07) is 0.534. The Morgan fingerprint density at radius 2 is 2.07 bits per heavy atom. The maximum Gasteiger partial charge on any atom is 0.147 e. The summed E-state index contributed by atoms with van der Waals surface area (Å²) in [7, 11) is -2.78. The maximum atomic E-state index is 11.0. The van der Waals surface area contributed by atoms with Crippen LogP contribution >= 0.6 is 0 Å². The first-order valence-corrected chi connectivity index (χ1v) is 7.91. The Balaban J connectivity index is 2.26. The molecule has 1 saturated carbocycles. The van der Waals surface area contributed by atoms with E-state index in [9.17, 15) is 8.42 Å². The van der Waals surface area contributed by atoms with Gasteiger partial charge in [-0.25, -0.2) is 8.42 Å². The second-order valence-corrected chi connectivity index (χ2v) is 7.07. The van der Waals surface area contributed by atoms with E-state index in [1.165, 1.54) is 12.7 Å². The summed E-state index contributed by atoms with van der Waals surface area (Å²) in [5.41, 5.74) is 0. The van der Waals surface area contributed by atoms with Crippen LogP contribution in [0.2, 0.25) is 0 Å². The van der Waals surface area contributed by atoms with Crippen LogP contribution in [0.15, 0.2) is 0 Å². The third-order valence-corrected chi connectivity index (χ3v) is 4.22. The molecule has 0 aromatic carbocycles. The highest BCUT2D eigenvalue weighted by Crippen LogP contribution is 2.41. The van der Waals surface area contributed by atoms with Crippen LogP contribution in [-0.2, 0) is 9.84 Å². The average molecular weight is 233 g/mol. The predicted molar refractivity (Wildman–Crippen MR) is 63.7 cm³/mol. The maximum absolute atomic E-state index is 11.0. The smallest absolute Gasteiger partial charge is 0.147 e. The number of hydrogen-bond donors (Lipinski definition) is 1. The summed E-state index contributed by atoms with van der Waals surface area (Å²) in [5.74, 6) is 1.94. The van der Waals surface area contributed by atoms with E-state index in [0.717, 1.165) is 31.2 Å². The zero-order valence-corrected chi connectivity index (χ0v) is 10.8. The highest BCUT2D eigenvalue weighted by atomic mass is 32.2. The van der Waals surface area contributed by atoms with Gasteiger partial charge >= 0.3 is 0 Å². The minimum atomic E-state index is -2.78. The highest BCUT2D eigenvalue weighted by Gasteiger charge is 2.38.